The van der Waals surface area contributed by atoms with E-state index >= 15 is 0 Å². The number of hydrogen-bond donors (Lipinski definition) is 2. The fourth-order valence-corrected chi connectivity index (χ4v) is 2.54. The SMILES string of the molecule is CC[C@H](C)[NH+]1CC[NH+](Cc2ccco2)CC1. The molecule has 90 valence electrons. The summed E-state index contributed by atoms with van der Waals surface area (Å²) in [6.45, 7) is 10.9. The van der Waals surface area contributed by atoms with Gasteiger partial charge in [0.25, 0.3) is 0 Å². The minimum Gasteiger partial charge on any atom is -0.463 e. The molecule has 2 heterocycles. The summed E-state index contributed by atoms with van der Waals surface area (Å²) >= 11 is 0. The highest BCUT2D eigenvalue weighted by Gasteiger charge is 2.26. The maximum absolute atomic E-state index is 5.40. The van der Waals surface area contributed by atoms with E-state index in [4.69, 9.17) is 4.42 Å². The van der Waals surface area contributed by atoms with Crippen molar-refractivity contribution in [1.29, 1.82) is 0 Å². The summed E-state index contributed by atoms with van der Waals surface area (Å²) < 4.78 is 5.40. The highest BCUT2D eigenvalue weighted by Crippen LogP contribution is 1.96. The molecular weight excluding hydrogens is 200 g/mol. The third-order valence-corrected chi connectivity index (χ3v) is 3.91. The summed E-state index contributed by atoms with van der Waals surface area (Å²) in [4.78, 5) is 3.45. The van der Waals surface area contributed by atoms with Crippen LogP contribution in [0.3, 0.4) is 0 Å². The first-order valence-corrected chi connectivity index (χ1v) is 6.50. The maximum Gasteiger partial charge on any atom is 0.157 e. The van der Waals surface area contributed by atoms with E-state index in [0.717, 1.165) is 18.3 Å². The lowest BCUT2D eigenvalue weighted by molar-refractivity contribution is -1.03. The van der Waals surface area contributed by atoms with Crippen LogP contribution in [0.4, 0.5) is 0 Å². The topological polar surface area (TPSA) is 22.0 Å². The zero-order valence-corrected chi connectivity index (χ0v) is 10.5. The third-order valence-electron chi connectivity index (χ3n) is 3.91. The zero-order valence-electron chi connectivity index (χ0n) is 10.5. The van der Waals surface area contributed by atoms with E-state index < -0.39 is 0 Å². The van der Waals surface area contributed by atoms with E-state index in [-0.39, 0.29) is 0 Å². The van der Waals surface area contributed by atoms with Crippen LogP contribution in [0.1, 0.15) is 26.0 Å². The predicted molar refractivity (Wildman–Crippen MR) is 63.6 cm³/mol. The molecule has 3 nitrogen and oxygen atoms in total. The molecule has 0 saturated carbocycles. The molecule has 0 amide bonds. The lowest BCUT2D eigenvalue weighted by Gasteiger charge is -2.32. The average Bonchev–Trinajstić information content (AvgIpc) is 2.82. The number of nitrogens with one attached hydrogen (secondary N) is 2. The van der Waals surface area contributed by atoms with Gasteiger partial charge in [-0.2, -0.15) is 0 Å². The number of rotatable bonds is 4. The van der Waals surface area contributed by atoms with Gasteiger partial charge in [0.2, 0.25) is 0 Å². The zero-order chi connectivity index (χ0) is 11.4. The molecule has 1 aliphatic heterocycles. The van der Waals surface area contributed by atoms with Crippen molar-refractivity contribution in [2.24, 2.45) is 0 Å². The maximum atomic E-state index is 5.40. The van der Waals surface area contributed by atoms with Gasteiger partial charge in [0, 0.05) is 0 Å². The van der Waals surface area contributed by atoms with Gasteiger partial charge in [0.1, 0.15) is 32.7 Å². The highest BCUT2D eigenvalue weighted by atomic mass is 16.3. The van der Waals surface area contributed by atoms with Crippen molar-refractivity contribution in [2.75, 3.05) is 26.2 Å². The third kappa shape index (κ3) is 2.86. The molecule has 3 heteroatoms. The highest BCUT2D eigenvalue weighted by molar-refractivity contribution is 4.95. The van der Waals surface area contributed by atoms with Crippen molar-refractivity contribution in [3.8, 4) is 0 Å². The van der Waals surface area contributed by atoms with Gasteiger partial charge in [-0.05, 0) is 25.5 Å². The number of hydrogen-bond acceptors (Lipinski definition) is 1. The van der Waals surface area contributed by atoms with Crippen LogP contribution in [-0.2, 0) is 6.54 Å². The van der Waals surface area contributed by atoms with E-state index in [1.807, 2.05) is 6.07 Å². The molecule has 2 N–H and O–H groups in total. The van der Waals surface area contributed by atoms with Crippen molar-refractivity contribution < 1.29 is 14.2 Å². The van der Waals surface area contributed by atoms with Crippen LogP contribution in [0.5, 0.6) is 0 Å². The van der Waals surface area contributed by atoms with Crippen molar-refractivity contribution in [2.45, 2.75) is 32.9 Å². The summed E-state index contributed by atoms with van der Waals surface area (Å²) in [5, 5.41) is 0. The number of furan rings is 1. The summed E-state index contributed by atoms with van der Waals surface area (Å²) in [7, 11) is 0. The van der Waals surface area contributed by atoms with Gasteiger partial charge >= 0.3 is 0 Å². The lowest BCUT2D eigenvalue weighted by Crippen LogP contribution is -3.29. The molecule has 1 atom stereocenters. The molecule has 1 aliphatic rings. The predicted octanol–water partition coefficient (Wildman–Crippen LogP) is -0.638. The second-order valence-corrected chi connectivity index (χ2v) is 4.97. The number of piperazine rings is 1. The molecule has 0 aromatic carbocycles. The second kappa shape index (κ2) is 5.51. The minimum atomic E-state index is 0.824. The van der Waals surface area contributed by atoms with Crippen LogP contribution >= 0.6 is 0 Å². The van der Waals surface area contributed by atoms with Crippen LogP contribution in [-0.4, -0.2) is 32.2 Å². The van der Waals surface area contributed by atoms with Crippen LogP contribution in [0.15, 0.2) is 22.8 Å². The Kier molecular flexibility index (Phi) is 4.02. The molecule has 0 spiro atoms. The molecule has 16 heavy (non-hydrogen) atoms. The monoisotopic (exact) mass is 224 g/mol. The fraction of sp³-hybridized carbons (Fsp3) is 0.692. The van der Waals surface area contributed by atoms with Gasteiger partial charge in [-0.1, -0.05) is 6.92 Å². The van der Waals surface area contributed by atoms with Crippen LogP contribution in [0, 0.1) is 0 Å². The molecule has 0 aliphatic carbocycles. The quantitative estimate of drug-likeness (QED) is 0.698. The second-order valence-electron chi connectivity index (χ2n) is 4.97. The Morgan fingerprint density at radius 1 is 1.31 bits per heavy atom. The van der Waals surface area contributed by atoms with E-state index in [0.29, 0.717) is 0 Å². The van der Waals surface area contributed by atoms with Crippen molar-refractivity contribution in [3.63, 3.8) is 0 Å². The molecular formula is C13H24N2O+2. The molecule has 0 unspecified atom stereocenters. The van der Waals surface area contributed by atoms with Crippen molar-refractivity contribution >= 4 is 0 Å². The van der Waals surface area contributed by atoms with Crippen LogP contribution in [0.25, 0.3) is 0 Å². The van der Waals surface area contributed by atoms with Crippen molar-refractivity contribution in [1.82, 2.24) is 0 Å². The van der Waals surface area contributed by atoms with Gasteiger partial charge in [-0.25, -0.2) is 0 Å². The Hall–Kier alpha value is -0.800. The van der Waals surface area contributed by atoms with Gasteiger partial charge in [0.05, 0.1) is 12.3 Å². The Bertz CT molecular complexity index is 289. The first-order chi connectivity index (χ1) is 7.79. The minimum absolute atomic E-state index is 0.824. The Balaban J connectivity index is 1.77. The standard InChI is InChI=1S/C13H22N2O/c1-3-12(2)15-8-6-14(7-9-15)11-13-5-4-10-16-13/h4-5,10,12H,3,6-9,11H2,1-2H3/p+2/t12-/m0/s1. The molecule has 1 fully saturated rings. The van der Waals surface area contributed by atoms with E-state index in [1.165, 1.54) is 32.6 Å². The number of quaternary nitrogens is 2. The van der Waals surface area contributed by atoms with Gasteiger partial charge in [-0.3, -0.25) is 0 Å². The molecule has 1 aromatic rings. The van der Waals surface area contributed by atoms with Gasteiger partial charge in [-0.15, -0.1) is 0 Å². The van der Waals surface area contributed by atoms with Gasteiger partial charge in [0.15, 0.2) is 5.76 Å². The van der Waals surface area contributed by atoms with E-state index in [2.05, 4.69) is 19.9 Å². The molecule has 0 bridgehead atoms. The smallest absolute Gasteiger partial charge is 0.157 e. The molecule has 1 saturated heterocycles. The summed E-state index contributed by atoms with van der Waals surface area (Å²) in [6, 6.07) is 4.89. The lowest BCUT2D eigenvalue weighted by atomic mass is 10.2. The largest absolute Gasteiger partial charge is 0.463 e. The molecule has 0 radical (unpaired) electrons. The van der Waals surface area contributed by atoms with Gasteiger partial charge < -0.3 is 14.2 Å². The summed E-state index contributed by atoms with van der Waals surface area (Å²) in [5.74, 6) is 1.13. The normalized spacial score (nSPS) is 27.9. The first kappa shape index (κ1) is 11.7. The van der Waals surface area contributed by atoms with Crippen LogP contribution < -0.4 is 9.80 Å². The Morgan fingerprint density at radius 3 is 2.62 bits per heavy atom. The Morgan fingerprint density at radius 2 is 2.06 bits per heavy atom. The Labute approximate surface area is 98.0 Å². The average molecular weight is 224 g/mol. The van der Waals surface area contributed by atoms with E-state index in [1.54, 1.807) is 16.1 Å². The summed E-state index contributed by atoms with van der Waals surface area (Å²) in [5.41, 5.74) is 0. The summed E-state index contributed by atoms with van der Waals surface area (Å²) in [6.07, 6.45) is 3.07. The van der Waals surface area contributed by atoms with Crippen LogP contribution in [0.2, 0.25) is 0 Å². The first-order valence-electron chi connectivity index (χ1n) is 6.50. The van der Waals surface area contributed by atoms with Crippen molar-refractivity contribution in [3.05, 3.63) is 24.2 Å². The van der Waals surface area contributed by atoms with E-state index in [9.17, 15) is 0 Å². The fourth-order valence-electron chi connectivity index (χ4n) is 2.54. The molecule has 2 rings (SSSR count). The molecule has 1 aromatic heterocycles.